The van der Waals surface area contributed by atoms with Crippen molar-refractivity contribution in [2.45, 2.75) is 23.8 Å². The van der Waals surface area contributed by atoms with Crippen molar-refractivity contribution < 1.29 is 18.0 Å². The summed E-state index contributed by atoms with van der Waals surface area (Å²) < 4.78 is 23.2. The van der Waals surface area contributed by atoms with Crippen LogP contribution in [0.2, 0.25) is 0 Å². The molecule has 3 rings (SSSR count). The van der Waals surface area contributed by atoms with Crippen LogP contribution in [0, 0.1) is 0 Å². The number of carbonyl (C=O) groups is 2. The van der Waals surface area contributed by atoms with E-state index in [4.69, 9.17) is 5.14 Å². The molecule has 25 heavy (non-hydrogen) atoms. The summed E-state index contributed by atoms with van der Waals surface area (Å²) in [7, 11) is -3.86. The highest BCUT2D eigenvalue weighted by molar-refractivity contribution is 7.89. The predicted octanol–water partition coefficient (Wildman–Crippen LogP) is 1.36. The predicted molar refractivity (Wildman–Crippen MR) is 92.7 cm³/mol. The number of sulfonamides is 1. The number of hydrogen-bond acceptors (Lipinski definition) is 5. The van der Waals surface area contributed by atoms with Crippen molar-refractivity contribution in [2.24, 2.45) is 5.14 Å². The van der Waals surface area contributed by atoms with E-state index in [9.17, 15) is 18.0 Å². The fourth-order valence-corrected chi connectivity index (χ4v) is 3.53. The third-order valence-corrected chi connectivity index (χ3v) is 5.16. The molecule has 0 amide bonds. The van der Waals surface area contributed by atoms with Crippen LogP contribution in [0.25, 0.3) is 0 Å². The molecule has 2 aromatic carbocycles. The second-order valence-corrected chi connectivity index (χ2v) is 7.54. The Morgan fingerprint density at radius 3 is 2.52 bits per heavy atom. The number of rotatable bonds is 5. The zero-order valence-electron chi connectivity index (χ0n) is 13.4. The lowest BCUT2D eigenvalue weighted by atomic mass is 9.89. The highest BCUT2D eigenvalue weighted by Gasteiger charge is 2.28. The van der Waals surface area contributed by atoms with E-state index in [1.807, 2.05) is 0 Å². The number of nitrogens with one attached hydrogen (secondary N) is 1. The normalized spacial score (nSPS) is 16.9. The van der Waals surface area contributed by atoms with Gasteiger partial charge in [0.15, 0.2) is 11.6 Å². The first-order valence-corrected chi connectivity index (χ1v) is 9.41. The molecule has 2 aromatic rings. The fourth-order valence-electron chi connectivity index (χ4n) is 2.98. The number of nitrogens with two attached hydrogens (primary N) is 1. The van der Waals surface area contributed by atoms with Crippen molar-refractivity contribution in [1.82, 2.24) is 5.32 Å². The lowest BCUT2D eigenvalue weighted by Gasteiger charge is -2.26. The lowest BCUT2D eigenvalue weighted by Crippen LogP contribution is -2.36. The molecule has 7 heteroatoms. The van der Waals surface area contributed by atoms with Crippen LogP contribution in [0.4, 0.5) is 0 Å². The van der Waals surface area contributed by atoms with Gasteiger partial charge in [-0.25, -0.2) is 13.6 Å². The molecule has 6 nitrogen and oxygen atoms in total. The molecular formula is C18H18N2O4S. The largest absolute Gasteiger partial charge is 0.303 e. The van der Waals surface area contributed by atoms with Gasteiger partial charge in [-0.05, 0) is 29.7 Å². The molecule has 0 radical (unpaired) electrons. The van der Waals surface area contributed by atoms with Gasteiger partial charge in [-0.1, -0.05) is 36.4 Å². The van der Waals surface area contributed by atoms with Gasteiger partial charge in [0.1, 0.15) is 0 Å². The zero-order chi connectivity index (χ0) is 18.0. The molecule has 0 saturated carbocycles. The average molecular weight is 358 g/mol. The molecular weight excluding hydrogens is 340 g/mol. The highest BCUT2D eigenvalue weighted by atomic mass is 32.2. The van der Waals surface area contributed by atoms with Crippen LogP contribution in [-0.2, 0) is 21.2 Å². The van der Waals surface area contributed by atoms with Crippen molar-refractivity contribution in [3.05, 3.63) is 65.2 Å². The van der Waals surface area contributed by atoms with E-state index >= 15 is 0 Å². The molecule has 1 aliphatic heterocycles. The van der Waals surface area contributed by atoms with Crippen LogP contribution >= 0.6 is 0 Å². The third-order valence-electron chi connectivity index (χ3n) is 4.25. The van der Waals surface area contributed by atoms with Crippen LogP contribution < -0.4 is 10.5 Å². The second-order valence-electron chi connectivity index (χ2n) is 5.98. The minimum absolute atomic E-state index is 0.0397. The van der Waals surface area contributed by atoms with E-state index in [0.717, 1.165) is 5.56 Å². The summed E-state index contributed by atoms with van der Waals surface area (Å²) in [6, 6.07) is 12.4. The van der Waals surface area contributed by atoms with E-state index in [1.165, 1.54) is 12.1 Å². The number of carbonyl (C=O) groups excluding carboxylic acids is 2. The highest BCUT2D eigenvalue weighted by Crippen LogP contribution is 2.27. The number of Topliss-reactive ketones (excluding diaryl/α,β-unsaturated/α-hetero) is 2. The molecule has 0 bridgehead atoms. The van der Waals surface area contributed by atoms with Crippen LogP contribution in [0.3, 0.4) is 0 Å². The molecule has 1 aliphatic rings. The quantitative estimate of drug-likeness (QED) is 0.620. The van der Waals surface area contributed by atoms with E-state index in [1.54, 1.807) is 36.4 Å². The van der Waals surface area contributed by atoms with E-state index in [0.29, 0.717) is 24.1 Å². The maximum Gasteiger partial charge on any atom is 0.238 e. The summed E-state index contributed by atoms with van der Waals surface area (Å²) in [5.41, 5.74) is 1.94. The topological polar surface area (TPSA) is 106 Å². The summed E-state index contributed by atoms with van der Waals surface area (Å²) >= 11 is 0. The van der Waals surface area contributed by atoms with Crippen molar-refractivity contribution in [2.75, 3.05) is 6.54 Å². The minimum Gasteiger partial charge on any atom is -0.303 e. The molecule has 1 unspecified atom stereocenters. The number of benzene rings is 2. The molecule has 3 N–H and O–H groups in total. The molecule has 0 fully saturated rings. The first-order chi connectivity index (χ1) is 11.9. The maximum atomic E-state index is 12.6. The Hall–Kier alpha value is -2.35. The third kappa shape index (κ3) is 3.84. The van der Waals surface area contributed by atoms with Crippen LogP contribution in [-0.4, -0.2) is 26.5 Å². The zero-order valence-corrected chi connectivity index (χ0v) is 14.3. The molecule has 0 aliphatic carbocycles. The van der Waals surface area contributed by atoms with Gasteiger partial charge in [0.05, 0.1) is 17.4 Å². The molecule has 1 atom stereocenters. The van der Waals surface area contributed by atoms with E-state index in [2.05, 4.69) is 5.32 Å². The summed E-state index contributed by atoms with van der Waals surface area (Å²) in [5.74, 6) is -0.552. The van der Waals surface area contributed by atoms with Crippen LogP contribution in [0.15, 0.2) is 53.4 Å². The average Bonchev–Trinajstić information content (AvgIpc) is 2.60. The molecule has 130 valence electrons. The number of primary sulfonamides is 1. The van der Waals surface area contributed by atoms with E-state index in [-0.39, 0.29) is 22.9 Å². The van der Waals surface area contributed by atoms with Gasteiger partial charge < -0.3 is 5.32 Å². The number of ketones is 2. The summed E-state index contributed by atoms with van der Waals surface area (Å²) in [5, 5.41) is 8.25. The Morgan fingerprint density at radius 2 is 1.84 bits per heavy atom. The van der Waals surface area contributed by atoms with Gasteiger partial charge in [0.25, 0.3) is 0 Å². The Bertz CT molecular complexity index is 923. The minimum atomic E-state index is -3.86. The number of fused-ring (bicyclic) bond motifs is 1. The Morgan fingerprint density at radius 1 is 1.12 bits per heavy atom. The van der Waals surface area contributed by atoms with Gasteiger partial charge in [-0.2, -0.15) is 0 Å². The van der Waals surface area contributed by atoms with E-state index < -0.39 is 16.1 Å². The van der Waals surface area contributed by atoms with Crippen molar-refractivity contribution >= 4 is 21.6 Å². The second kappa shape index (κ2) is 6.87. The maximum absolute atomic E-state index is 12.6. The number of hydrogen-bond donors (Lipinski definition) is 2. The van der Waals surface area contributed by atoms with Gasteiger partial charge in [-0.3, -0.25) is 9.59 Å². The first kappa shape index (κ1) is 17.5. The molecule has 0 aromatic heterocycles. The van der Waals surface area contributed by atoms with Gasteiger partial charge in [-0.15, -0.1) is 0 Å². The standard InChI is InChI=1S/C18H18N2O4S/c19-25(23,24)14-7-6-12-8-9-20-18(15(12)10-14)17(22)11-16(21)13-4-2-1-3-5-13/h1-7,10,18,20H,8-9,11H2,(H2,19,23,24). The molecule has 0 spiro atoms. The Kier molecular flexibility index (Phi) is 4.80. The molecule has 1 heterocycles. The van der Waals surface area contributed by atoms with Crippen LogP contribution in [0.5, 0.6) is 0 Å². The smallest absolute Gasteiger partial charge is 0.238 e. The van der Waals surface area contributed by atoms with Gasteiger partial charge >= 0.3 is 0 Å². The van der Waals surface area contributed by atoms with Crippen LogP contribution in [0.1, 0.15) is 33.9 Å². The monoisotopic (exact) mass is 358 g/mol. The lowest BCUT2D eigenvalue weighted by molar-refractivity contribution is -0.120. The molecule has 0 saturated heterocycles. The summed E-state index contributed by atoms with van der Waals surface area (Å²) in [4.78, 5) is 24.9. The van der Waals surface area contributed by atoms with Crippen molar-refractivity contribution in [3.8, 4) is 0 Å². The summed E-state index contributed by atoms with van der Waals surface area (Å²) in [6.07, 6.45) is 0.428. The van der Waals surface area contributed by atoms with Gasteiger partial charge in [0, 0.05) is 12.1 Å². The van der Waals surface area contributed by atoms with Crippen molar-refractivity contribution in [3.63, 3.8) is 0 Å². The Labute approximate surface area is 146 Å². The van der Waals surface area contributed by atoms with Crippen molar-refractivity contribution in [1.29, 1.82) is 0 Å². The fraction of sp³-hybridized carbons (Fsp3) is 0.222. The summed E-state index contributed by atoms with van der Waals surface area (Å²) in [6.45, 7) is 0.581. The SMILES string of the molecule is NS(=O)(=O)c1ccc2c(c1)C(C(=O)CC(=O)c1ccccc1)NCC2. The van der Waals surface area contributed by atoms with Gasteiger partial charge in [0.2, 0.25) is 10.0 Å². The first-order valence-electron chi connectivity index (χ1n) is 7.86. The Balaban J connectivity index is 1.87.